The zero-order chi connectivity index (χ0) is 13.1. The van der Waals surface area contributed by atoms with Gasteiger partial charge in [0.2, 0.25) is 0 Å². The molecule has 1 aliphatic heterocycles. The lowest BCUT2D eigenvalue weighted by Crippen LogP contribution is -2.45. The maximum absolute atomic E-state index is 5.72. The number of benzene rings is 1. The smallest absolute Gasteiger partial charge is 0.0794 e. The molecule has 2 N–H and O–H groups in total. The van der Waals surface area contributed by atoms with E-state index >= 15 is 0 Å². The summed E-state index contributed by atoms with van der Waals surface area (Å²) in [5.74, 6) is 0. The molecule has 0 bridgehead atoms. The second-order valence-corrected chi connectivity index (χ2v) is 5.79. The van der Waals surface area contributed by atoms with Crippen molar-refractivity contribution in [1.82, 2.24) is 9.88 Å². The minimum Gasteiger partial charge on any atom is -0.399 e. The minimum absolute atomic E-state index is 0.826. The van der Waals surface area contributed by atoms with Gasteiger partial charge in [-0.3, -0.25) is 9.88 Å². The van der Waals surface area contributed by atoms with Gasteiger partial charge in [-0.05, 0) is 24.3 Å². The molecule has 2 aromatic rings. The second-order valence-electron chi connectivity index (χ2n) is 4.82. The molecular formula is C14H18N4S. The van der Waals surface area contributed by atoms with Crippen LogP contribution >= 0.6 is 11.3 Å². The number of aromatic nitrogens is 1. The molecule has 3 rings (SSSR count). The van der Waals surface area contributed by atoms with Gasteiger partial charge in [0.15, 0.2) is 0 Å². The first-order valence-corrected chi connectivity index (χ1v) is 7.39. The summed E-state index contributed by atoms with van der Waals surface area (Å²) in [4.78, 5) is 10.4. The number of nitrogen functional groups attached to an aromatic ring is 1. The molecule has 19 heavy (non-hydrogen) atoms. The van der Waals surface area contributed by atoms with Gasteiger partial charge in [-0.15, -0.1) is 11.3 Å². The summed E-state index contributed by atoms with van der Waals surface area (Å²) in [6.07, 6.45) is 1.97. The Kier molecular flexibility index (Phi) is 3.66. The van der Waals surface area contributed by atoms with Crippen LogP contribution in [0.4, 0.5) is 11.4 Å². The van der Waals surface area contributed by atoms with Gasteiger partial charge in [-0.1, -0.05) is 0 Å². The van der Waals surface area contributed by atoms with Gasteiger partial charge in [-0.2, -0.15) is 0 Å². The van der Waals surface area contributed by atoms with Crippen LogP contribution in [0.15, 0.2) is 36.0 Å². The van der Waals surface area contributed by atoms with Crippen LogP contribution in [0.5, 0.6) is 0 Å². The summed E-state index contributed by atoms with van der Waals surface area (Å²) < 4.78 is 0. The topological polar surface area (TPSA) is 45.4 Å². The third-order valence-corrected chi connectivity index (χ3v) is 4.26. The van der Waals surface area contributed by atoms with Gasteiger partial charge in [0.25, 0.3) is 0 Å². The van der Waals surface area contributed by atoms with E-state index in [0.29, 0.717) is 0 Å². The Hall–Kier alpha value is -1.59. The van der Waals surface area contributed by atoms with Crippen LogP contribution in [0.3, 0.4) is 0 Å². The molecule has 0 atom stereocenters. The summed E-state index contributed by atoms with van der Waals surface area (Å²) in [7, 11) is 0. The molecule has 1 saturated heterocycles. The molecule has 0 unspecified atom stereocenters. The molecule has 100 valence electrons. The van der Waals surface area contributed by atoms with Crippen molar-refractivity contribution in [2.24, 2.45) is 0 Å². The standard InChI is InChI=1S/C14H18N4S/c15-12-1-3-13(4-2-12)18-7-5-17(6-8-18)10-14-9-16-11-19-14/h1-4,9,11H,5-8,10,15H2. The van der Waals surface area contributed by atoms with Gasteiger partial charge in [0.1, 0.15) is 0 Å². The fourth-order valence-electron chi connectivity index (χ4n) is 2.39. The molecule has 1 aromatic heterocycles. The number of hydrogen-bond acceptors (Lipinski definition) is 5. The zero-order valence-corrected chi connectivity index (χ0v) is 11.6. The van der Waals surface area contributed by atoms with E-state index in [1.165, 1.54) is 10.6 Å². The van der Waals surface area contributed by atoms with Crippen LogP contribution in [0.2, 0.25) is 0 Å². The van der Waals surface area contributed by atoms with E-state index in [-0.39, 0.29) is 0 Å². The van der Waals surface area contributed by atoms with Gasteiger partial charge in [0, 0.05) is 55.2 Å². The van der Waals surface area contributed by atoms with Crippen molar-refractivity contribution in [3.05, 3.63) is 40.8 Å². The van der Waals surface area contributed by atoms with Gasteiger partial charge < -0.3 is 10.6 Å². The monoisotopic (exact) mass is 274 g/mol. The highest BCUT2D eigenvalue weighted by atomic mass is 32.1. The van der Waals surface area contributed by atoms with E-state index in [1.54, 1.807) is 11.3 Å². The van der Waals surface area contributed by atoms with Crippen molar-refractivity contribution < 1.29 is 0 Å². The Morgan fingerprint density at radius 2 is 1.84 bits per heavy atom. The minimum atomic E-state index is 0.826. The van der Waals surface area contributed by atoms with Gasteiger partial charge >= 0.3 is 0 Å². The molecule has 4 nitrogen and oxygen atoms in total. The predicted molar refractivity (Wildman–Crippen MR) is 80.5 cm³/mol. The first-order valence-electron chi connectivity index (χ1n) is 6.51. The molecule has 0 amide bonds. The lowest BCUT2D eigenvalue weighted by Gasteiger charge is -2.35. The highest BCUT2D eigenvalue weighted by molar-refractivity contribution is 7.09. The van der Waals surface area contributed by atoms with Crippen LogP contribution in [-0.4, -0.2) is 36.1 Å². The fraction of sp³-hybridized carbons (Fsp3) is 0.357. The van der Waals surface area contributed by atoms with Crippen LogP contribution < -0.4 is 10.6 Å². The molecule has 1 fully saturated rings. The van der Waals surface area contributed by atoms with E-state index < -0.39 is 0 Å². The quantitative estimate of drug-likeness (QED) is 0.870. The molecule has 0 spiro atoms. The zero-order valence-electron chi connectivity index (χ0n) is 10.8. The Labute approximate surface area is 117 Å². The van der Waals surface area contributed by atoms with Crippen molar-refractivity contribution in [2.75, 3.05) is 36.8 Å². The number of nitrogens with two attached hydrogens (primary N) is 1. The molecule has 0 aliphatic carbocycles. The number of anilines is 2. The van der Waals surface area contributed by atoms with Crippen molar-refractivity contribution >= 4 is 22.7 Å². The van der Waals surface area contributed by atoms with E-state index in [1.807, 2.05) is 23.8 Å². The average molecular weight is 274 g/mol. The van der Waals surface area contributed by atoms with Crippen LogP contribution in [0, 0.1) is 0 Å². The normalized spacial score (nSPS) is 16.7. The summed E-state index contributed by atoms with van der Waals surface area (Å²) in [5, 5.41) is 0. The molecule has 0 saturated carbocycles. The van der Waals surface area contributed by atoms with Gasteiger partial charge in [0.05, 0.1) is 5.51 Å². The fourth-order valence-corrected chi connectivity index (χ4v) is 3.03. The first kappa shape index (κ1) is 12.4. The summed E-state index contributed by atoms with van der Waals surface area (Å²) >= 11 is 1.74. The summed E-state index contributed by atoms with van der Waals surface area (Å²) in [6.45, 7) is 5.37. The second kappa shape index (κ2) is 5.59. The lowest BCUT2D eigenvalue weighted by molar-refractivity contribution is 0.252. The van der Waals surface area contributed by atoms with Crippen LogP contribution in [0.25, 0.3) is 0 Å². The van der Waals surface area contributed by atoms with Crippen molar-refractivity contribution in [3.63, 3.8) is 0 Å². The molecule has 5 heteroatoms. The van der Waals surface area contributed by atoms with E-state index in [2.05, 4.69) is 26.9 Å². The summed E-state index contributed by atoms with van der Waals surface area (Å²) in [6, 6.07) is 8.15. The Morgan fingerprint density at radius 3 is 2.47 bits per heavy atom. The van der Waals surface area contributed by atoms with Gasteiger partial charge in [-0.25, -0.2) is 0 Å². The first-order chi connectivity index (χ1) is 9.31. The Bertz CT molecular complexity index is 501. The third-order valence-electron chi connectivity index (χ3n) is 3.49. The Balaban J connectivity index is 1.56. The van der Waals surface area contributed by atoms with Crippen molar-refractivity contribution in [2.45, 2.75) is 6.54 Å². The van der Waals surface area contributed by atoms with Crippen molar-refractivity contribution in [3.8, 4) is 0 Å². The predicted octanol–water partition coefficient (Wildman–Crippen LogP) is 2.05. The largest absolute Gasteiger partial charge is 0.399 e. The number of hydrogen-bond donors (Lipinski definition) is 1. The Morgan fingerprint density at radius 1 is 1.11 bits per heavy atom. The number of piperazine rings is 1. The molecule has 1 aliphatic rings. The highest BCUT2D eigenvalue weighted by Crippen LogP contribution is 2.19. The molecule has 0 radical (unpaired) electrons. The molecular weight excluding hydrogens is 256 g/mol. The van der Waals surface area contributed by atoms with E-state index in [4.69, 9.17) is 5.73 Å². The summed E-state index contributed by atoms with van der Waals surface area (Å²) in [5.41, 5.74) is 9.72. The van der Waals surface area contributed by atoms with Crippen molar-refractivity contribution in [1.29, 1.82) is 0 Å². The maximum atomic E-state index is 5.72. The van der Waals surface area contributed by atoms with Crippen LogP contribution in [0.1, 0.15) is 4.88 Å². The van der Waals surface area contributed by atoms with E-state index in [0.717, 1.165) is 38.4 Å². The van der Waals surface area contributed by atoms with Crippen LogP contribution in [-0.2, 0) is 6.54 Å². The number of nitrogens with zero attached hydrogens (tertiary/aromatic N) is 3. The molecule has 2 heterocycles. The lowest BCUT2D eigenvalue weighted by atomic mass is 10.2. The third kappa shape index (κ3) is 3.05. The maximum Gasteiger partial charge on any atom is 0.0794 e. The number of thiazole rings is 1. The average Bonchev–Trinajstić information content (AvgIpc) is 2.94. The van der Waals surface area contributed by atoms with E-state index in [9.17, 15) is 0 Å². The highest BCUT2D eigenvalue weighted by Gasteiger charge is 2.17. The number of rotatable bonds is 3. The molecule has 1 aromatic carbocycles. The SMILES string of the molecule is Nc1ccc(N2CCN(Cc3cncs3)CC2)cc1.